The molecule has 1 fully saturated rings. The van der Waals surface area contributed by atoms with Crippen LogP contribution in [0.5, 0.6) is 0 Å². The number of aromatic nitrogens is 1. The van der Waals surface area contributed by atoms with Gasteiger partial charge in [0.2, 0.25) is 0 Å². The number of thiazole rings is 1. The highest BCUT2D eigenvalue weighted by atomic mass is 35.5. The van der Waals surface area contributed by atoms with Crippen molar-refractivity contribution in [2.75, 3.05) is 32.8 Å². The van der Waals surface area contributed by atoms with Crippen molar-refractivity contribution in [1.82, 2.24) is 15.2 Å². The summed E-state index contributed by atoms with van der Waals surface area (Å²) in [7, 11) is 0. The van der Waals surface area contributed by atoms with Gasteiger partial charge in [-0.2, -0.15) is 0 Å². The molecule has 1 saturated heterocycles. The van der Waals surface area contributed by atoms with Crippen LogP contribution in [0.25, 0.3) is 0 Å². The first kappa shape index (κ1) is 29.1. The average Bonchev–Trinajstić information content (AvgIpc) is 3.44. The molecule has 3 atom stereocenters. The van der Waals surface area contributed by atoms with E-state index in [1.54, 1.807) is 20.0 Å². The molecule has 3 heterocycles. The summed E-state index contributed by atoms with van der Waals surface area (Å²) in [5, 5.41) is 15.1. The summed E-state index contributed by atoms with van der Waals surface area (Å²) in [6.45, 7) is 5.79. The van der Waals surface area contributed by atoms with Gasteiger partial charge in [-0.3, -0.25) is 14.7 Å². The minimum absolute atomic E-state index is 0.0515. The summed E-state index contributed by atoms with van der Waals surface area (Å²) in [4.78, 5) is 35.8. The molecule has 210 valence electrons. The van der Waals surface area contributed by atoms with Crippen molar-refractivity contribution in [3.05, 3.63) is 62.5 Å². The molecule has 0 saturated carbocycles. The number of hydrogen-bond donors (Lipinski definition) is 2. The first-order valence-electron chi connectivity index (χ1n) is 12.9. The summed E-state index contributed by atoms with van der Waals surface area (Å²) in [5.41, 5.74) is 1.41. The van der Waals surface area contributed by atoms with Gasteiger partial charge < -0.3 is 19.9 Å². The molecule has 1 unspecified atom stereocenters. The number of esters is 1. The maximum absolute atomic E-state index is 13.9. The molecule has 2 N–H and O–H groups in total. The van der Waals surface area contributed by atoms with Crippen molar-refractivity contribution in [2.24, 2.45) is 10.9 Å². The number of morpholine rings is 1. The predicted molar refractivity (Wildman–Crippen MR) is 146 cm³/mol. The number of halogens is 2. The third-order valence-corrected chi connectivity index (χ3v) is 7.81. The molecule has 4 rings (SSSR count). The predicted octanol–water partition coefficient (Wildman–Crippen LogP) is 4.44. The van der Waals surface area contributed by atoms with Gasteiger partial charge in [-0.1, -0.05) is 24.6 Å². The smallest absolute Gasteiger partial charge is 0.338 e. The Hall–Kier alpha value is -2.86. The summed E-state index contributed by atoms with van der Waals surface area (Å²) >= 11 is 7.85. The maximum Gasteiger partial charge on any atom is 0.338 e. The third-order valence-electron chi connectivity index (χ3n) is 6.70. The quantitative estimate of drug-likeness (QED) is 0.376. The van der Waals surface area contributed by atoms with Crippen LogP contribution >= 0.6 is 22.9 Å². The van der Waals surface area contributed by atoms with Crippen molar-refractivity contribution in [3.8, 4) is 0 Å². The summed E-state index contributed by atoms with van der Waals surface area (Å²) in [5.74, 6) is -1.71. The normalized spacial score (nSPS) is 20.8. The number of rotatable bonds is 11. The molecule has 12 heteroatoms. The Morgan fingerprint density at radius 1 is 1.41 bits per heavy atom. The number of carbonyl (C=O) groups excluding carboxylic acids is 1. The van der Waals surface area contributed by atoms with Gasteiger partial charge in [-0.15, -0.1) is 11.3 Å². The van der Waals surface area contributed by atoms with E-state index in [4.69, 9.17) is 31.2 Å². The van der Waals surface area contributed by atoms with Crippen LogP contribution in [0.1, 0.15) is 49.7 Å². The van der Waals surface area contributed by atoms with E-state index in [0.717, 1.165) is 12.8 Å². The first-order chi connectivity index (χ1) is 18.8. The molecular formula is C27H32ClFN4O5S. The number of carboxylic acids is 1. The molecule has 0 aliphatic carbocycles. The van der Waals surface area contributed by atoms with Crippen LogP contribution in [0.2, 0.25) is 5.02 Å². The van der Waals surface area contributed by atoms with Gasteiger partial charge >= 0.3 is 11.9 Å². The number of ether oxygens (including phenoxy) is 2. The zero-order valence-electron chi connectivity index (χ0n) is 21.9. The van der Waals surface area contributed by atoms with E-state index in [0.29, 0.717) is 60.3 Å². The number of benzene rings is 1. The molecule has 0 spiro atoms. The highest BCUT2D eigenvalue weighted by Gasteiger charge is 2.35. The zero-order chi connectivity index (χ0) is 27.9. The van der Waals surface area contributed by atoms with Crippen LogP contribution in [0.3, 0.4) is 0 Å². The van der Waals surface area contributed by atoms with Crippen LogP contribution in [0.15, 0.2) is 46.0 Å². The fraction of sp³-hybridized carbons (Fsp3) is 0.481. The van der Waals surface area contributed by atoms with Crippen LogP contribution in [0, 0.1) is 11.7 Å². The van der Waals surface area contributed by atoms with Gasteiger partial charge in [0.25, 0.3) is 0 Å². The molecule has 9 nitrogen and oxygen atoms in total. The number of nitrogens with one attached hydrogen (secondary N) is 1. The Bertz CT molecular complexity index is 1240. The molecule has 2 aromatic rings. The van der Waals surface area contributed by atoms with Crippen molar-refractivity contribution in [3.63, 3.8) is 0 Å². The second-order valence-corrected chi connectivity index (χ2v) is 10.8. The SMILES string of the molecule is CCOC(=O)C1=C(CN2CCO[C@H](CCCC(C)C(=O)O)C2)NC(c2nccs2)=N[C@H]1c1ccc(F)cc1Cl. The van der Waals surface area contributed by atoms with E-state index >= 15 is 0 Å². The zero-order valence-corrected chi connectivity index (χ0v) is 23.4. The number of carboxylic acid groups (broad SMARTS) is 1. The minimum atomic E-state index is -0.818. The lowest BCUT2D eigenvalue weighted by atomic mass is 9.95. The van der Waals surface area contributed by atoms with E-state index in [1.165, 1.54) is 29.5 Å². The van der Waals surface area contributed by atoms with Gasteiger partial charge in [0.05, 0.1) is 30.8 Å². The summed E-state index contributed by atoms with van der Waals surface area (Å²) < 4.78 is 25.3. The second-order valence-electron chi connectivity index (χ2n) is 9.52. The maximum atomic E-state index is 13.9. The molecule has 1 aromatic heterocycles. The second kappa shape index (κ2) is 13.5. The average molecular weight is 579 g/mol. The Kier molecular flexibility index (Phi) is 10.1. The fourth-order valence-corrected chi connectivity index (χ4v) is 5.52. The van der Waals surface area contributed by atoms with Crippen LogP contribution < -0.4 is 5.32 Å². The number of aliphatic imine (C=N–C) groups is 1. The summed E-state index contributed by atoms with van der Waals surface area (Å²) in [6, 6.07) is 3.22. The van der Waals surface area contributed by atoms with Crippen molar-refractivity contribution in [1.29, 1.82) is 0 Å². The fourth-order valence-electron chi connectivity index (χ4n) is 4.66. The highest BCUT2D eigenvalue weighted by Crippen LogP contribution is 2.37. The van der Waals surface area contributed by atoms with Gasteiger partial charge in [-0.25, -0.2) is 14.2 Å². The van der Waals surface area contributed by atoms with Crippen LogP contribution in [-0.2, 0) is 19.1 Å². The topological polar surface area (TPSA) is 113 Å². The van der Waals surface area contributed by atoms with Gasteiger partial charge in [0, 0.05) is 47.5 Å². The molecule has 0 amide bonds. The van der Waals surface area contributed by atoms with Crippen molar-refractivity contribution < 1.29 is 28.6 Å². The van der Waals surface area contributed by atoms with Gasteiger partial charge in [0.15, 0.2) is 10.8 Å². The van der Waals surface area contributed by atoms with Gasteiger partial charge in [0.1, 0.15) is 11.9 Å². The minimum Gasteiger partial charge on any atom is -0.481 e. The Labute approximate surface area is 235 Å². The molecule has 0 bridgehead atoms. The Morgan fingerprint density at radius 3 is 2.92 bits per heavy atom. The number of amidine groups is 1. The molecule has 0 radical (unpaired) electrons. The molecule has 39 heavy (non-hydrogen) atoms. The number of hydrogen-bond acceptors (Lipinski definition) is 9. The third kappa shape index (κ3) is 7.42. The van der Waals surface area contributed by atoms with E-state index < -0.39 is 29.7 Å². The Morgan fingerprint density at radius 2 is 2.23 bits per heavy atom. The van der Waals surface area contributed by atoms with Crippen LogP contribution in [0.4, 0.5) is 4.39 Å². The monoisotopic (exact) mass is 578 g/mol. The van der Waals surface area contributed by atoms with E-state index in [1.807, 2.05) is 5.38 Å². The highest BCUT2D eigenvalue weighted by molar-refractivity contribution is 7.11. The lowest BCUT2D eigenvalue weighted by Crippen LogP contribution is -2.46. The number of carbonyl (C=O) groups is 2. The molecular weight excluding hydrogens is 547 g/mol. The first-order valence-corrected chi connectivity index (χ1v) is 14.2. The van der Waals surface area contributed by atoms with E-state index in [-0.39, 0.29) is 17.7 Å². The lowest BCUT2D eigenvalue weighted by molar-refractivity contribution is -0.141. The standard InChI is InChI=1S/C27H32ClFN4O5S/c1-3-37-27(36)22-21(15-33-10-11-38-18(14-33)6-4-5-16(2)26(34)35)31-24(25-30-9-12-39-25)32-23(22)19-8-7-17(29)13-20(19)28/h7-9,12-13,16,18,23H,3-6,10-11,14-15H2,1-2H3,(H,31,32)(H,34,35)/t16?,18-,23+/m1/s1. The van der Waals surface area contributed by atoms with E-state index in [2.05, 4.69) is 15.2 Å². The molecule has 1 aromatic carbocycles. The van der Waals surface area contributed by atoms with Crippen LogP contribution in [-0.4, -0.2) is 71.7 Å². The summed E-state index contributed by atoms with van der Waals surface area (Å²) in [6.07, 6.45) is 3.69. The number of aliphatic carboxylic acids is 1. The van der Waals surface area contributed by atoms with Gasteiger partial charge in [-0.05, 0) is 38.3 Å². The lowest BCUT2D eigenvalue weighted by Gasteiger charge is -2.35. The van der Waals surface area contributed by atoms with E-state index in [9.17, 15) is 14.0 Å². The largest absolute Gasteiger partial charge is 0.481 e. The molecule has 2 aliphatic rings. The molecule has 2 aliphatic heterocycles. The van der Waals surface area contributed by atoms with Crippen molar-refractivity contribution >= 4 is 40.7 Å². The number of nitrogens with zero attached hydrogens (tertiary/aromatic N) is 3. The van der Waals surface area contributed by atoms with Crippen molar-refractivity contribution in [2.45, 2.75) is 45.3 Å². The Balaban J connectivity index is 1.62.